The molecule has 45 heavy (non-hydrogen) atoms. The maximum Gasteiger partial charge on any atom is 0.0547 e. The molecule has 0 saturated carbocycles. The van der Waals surface area contributed by atoms with Crippen molar-refractivity contribution in [3.05, 3.63) is 170 Å². The van der Waals surface area contributed by atoms with Crippen LogP contribution in [0.5, 0.6) is 0 Å². The van der Waals surface area contributed by atoms with E-state index in [0.717, 1.165) is 17.1 Å². The van der Waals surface area contributed by atoms with Gasteiger partial charge in [0, 0.05) is 53.7 Å². The van der Waals surface area contributed by atoms with Crippen molar-refractivity contribution in [3.63, 3.8) is 0 Å². The molecule has 212 valence electrons. The SMILES string of the molecule is c1ccc(N(c2ccccc2)c2ccc3c(c2)sc2ccc(-c4ccc5c6ccccc6n(-c6ccccc6)c5c4)cc23)cc1. The van der Waals surface area contributed by atoms with Gasteiger partial charge in [-0.3, -0.25) is 0 Å². The average molecular weight is 593 g/mol. The molecule has 0 unspecified atom stereocenters. The first-order chi connectivity index (χ1) is 22.3. The lowest BCUT2D eigenvalue weighted by molar-refractivity contribution is 1.18. The number of para-hydroxylation sites is 4. The van der Waals surface area contributed by atoms with Crippen molar-refractivity contribution in [2.75, 3.05) is 4.90 Å². The first-order valence-corrected chi connectivity index (χ1v) is 16.1. The maximum atomic E-state index is 2.39. The largest absolute Gasteiger partial charge is 0.310 e. The van der Waals surface area contributed by atoms with Gasteiger partial charge in [0.25, 0.3) is 0 Å². The van der Waals surface area contributed by atoms with Crippen molar-refractivity contribution in [2.45, 2.75) is 0 Å². The smallest absolute Gasteiger partial charge is 0.0547 e. The van der Waals surface area contributed by atoms with Gasteiger partial charge < -0.3 is 9.47 Å². The fourth-order valence-electron chi connectivity index (χ4n) is 6.69. The topological polar surface area (TPSA) is 8.17 Å². The van der Waals surface area contributed by atoms with E-state index < -0.39 is 0 Å². The van der Waals surface area contributed by atoms with Crippen molar-refractivity contribution < 1.29 is 0 Å². The predicted molar refractivity (Wildman–Crippen MR) is 194 cm³/mol. The summed E-state index contributed by atoms with van der Waals surface area (Å²) in [4.78, 5) is 2.33. The van der Waals surface area contributed by atoms with Crippen LogP contribution in [0.4, 0.5) is 17.1 Å². The fourth-order valence-corrected chi connectivity index (χ4v) is 7.81. The van der Waals surface area contributed by atoms with E-state index in [-0.39, 0.29) is 0 Å². The third kappa shape index (κ3) is 4.32. The fraction of sp³-hybridized carbons (Fsp3) is 0. The van der Waals surface area contributed by atoms with Crippen LogP contribution in [-0.4, -0.2) is 4.57 Å². The highest BCUT2D eigenvalue weighted by Gasteiger charge is 2.16. The van der Waals surface area contributed by atoms with Gasteiger partial charge in [-0.05, 0) is 83.9 Å². The Morgan fingerprint density at radius 1 is 0.378 bits per heavy atom. The minimum atomic E-state index is 1.15. The van der Waals surface area contributed by atoms with Crippen LogP contribution in [0.3, 0.4) is 0 Å². The first kappa shape index (κ1) is 25.8. The molecular formula is C42H28N2S. The summed E-state index contributed by atoms with van der Waals surface area (Å²) >= 11 is 1.86. The summed E-state index contributed by atoms with van der Waals surface area (Å²) in [6.45, 7) is 0. The second-order valence-corrected chi connectivity index (χ2v) is 12.5. The van der Waals surface area contributed by atoms with Crippen LogP contribution >= 0.6 is 11.3 Å². The molecule has 0 fully saturated rings. The Kier molecular flexibility index (Phi) is 6.03. The van der Waals surface area contributed by atoms with Gasteiger partial charge in [-0.15, -0.1) is 11.3 Å². The lowest BCUT2D eigenvalue weighted by Gasteiger charge is -2.25. The average Bonchev–Trinajstić information content (AvgIpc) is 3.64. The van der Waals surface area contributed by atoms with Crippen LogP contribution in [0.15, 0.2) is 170 Å². The number of thiophene rings is 1. The summed E-state index contributed by atoms with van der Waals surface area (Å²) in [6.07, 6.45) is 0. The summed E-state index contributed by atoms with van der Waals surface area (Å²) in [5.74, 6) is 0. The number of hydrogen-bond donors (Lipinski definition) is 0. The maximum absolute atomic E-state index is 2.39. The lowest BCUT2D eigenvalue weighted by Crippen LogP contribution is -2.09. The van der Waals surface area contributed by atoms with Crippen LogP contribution in [0.2, 0.25) is 0 Å². The molecule has 2 aromatic heterocycles. The van der Waals surface area contributed by atoms with E-state index in [9.17, 15) is 0 Å². The molecule has 7 aromatic carbocycles. The van der Waals surface area contributed by atoms with Gasteiger partial charge in [0.15, 0.2) is 0 Å². The number of anilines is 3. The number of aromatic nitrogens is 1. The van der Waals surface area contributed by atoms with Crippen LogP contribution in [0.1, 0.15) is 0 Å². The van der Waals surface area contributed by atoms with Crippen molar-refractivity contribution in [2.24, 2.45) is 0 Å². The second-order valence-electron chi connectivity index (χ2n) is 11.4. The summed E-state index contributed by atoms with van der Waals surface area (Å²) in [7, 11) is 0. The van der Waals surface area contributed by atoms with Crippen molar-refractivity contribution >= 4 is 70.4 Å². The minimum absolute atomic E-state index is 1.15. The number of benzene rings is 7. The van der Waals surface area contributed by atoms with Gasteiger partial charge in [-0.1, -0.05) is 97.1 Å². The Morgan fingerprint density at radius 2 is 0.978 bits per heavy atom. The van der Waals surface area contributed by atoms with Gasteiger partial charge in [-0.25, -0.2) is 0 Å². The molecule has 0 spiro atoms. The lowest BCUT2D eigenvalue weighted by atomic mass is 10.0. The molecule has 0 saturated heterocycles. The van der Waals surface area contributed by atoms with Crippen LogP contribution in [0, 0.1) is 0 Å². The molecule has 0 atom stereocenters. The standard InChI is InChI=1S/C42H28N2S/c1-4-12-31(13-5-1)43(32-14-6-2-7-15-32)34-22-24-37-38-26-29(21-25-41(38)45-42(37)28-34)30-20-23-36-35-18-10-11-19-39(35)44(40(36)27-30)33-16-8-3-9-17-33/h1-28H. The Morgan fingerprint density at radius 3 is 1.73 bits per heavy atom. The highest BCUT2D eigenvalue weighted by molar-refractivity contribution is 7.25. The molecule has 0 amide bonds. The molecular weight excluding hydrogens is 565 g/mol. The van der Waals surface area contributed by atoms with Crippen LogP contribution in [0.25, 0.3) is 58.8 Å². The van der Waals surface area contributed by atoms with E-state index in [0.29, 0.717) is 0 Å². The molecule has 0 N–H and O–H groups in total. The van der Waals surface area contributed by atoms with E-state index in [1.54, 1.807) is 0 Å². The zero-order valence-electron chi connectivity index (χ0n) is 24.5. The zero-order chi connectivity index (χ0) is 29.7. The predicted octanol–water partition coefficient (Wildman–Crippen LogP) is 12.3. The number of hydrogen-bond acceptors (Lipinski definition) is 2. The molecule has 2 heterocycles. The van der Waals surface area contributed by atoms with Crippen LogP contribution < -0.4 is 4.90 Å². The van der Waals surface area contributed by atoms with Crippen molar-refractivity contribution in [1.82, 2.24) is 4.57 Å². The summed E-state index contributed by atoms with van der Waals surface area (Å²) < 4.78 is 4.98. The highest BCUT2D eigenvalue weighted by atomic mass is 32.1. The number of fused-ring (bicyclic) bond motifs is 6. The summed E-state index contributed by atoms with van der Waals surface area (Å²) in [5.41, 5.74) is 9.53. The quantitative estimate of drug-likeness (QED) is 0.193. The zero-order valence-corrected chi connectivity index (χ0v) is 25.3. The van der Waals surface area contributed by atoms with Gasteiger partial charge in [0.1, 0.15) is 0 Å². The van der Waals surface area contributed by atoms with Gasteiger partial charge >= 0.3 is 0 Å². The van der Waals surface area contributed by atoms with Gasteiger partial charge in [-0.2, -0.15) is 0 Å². The number of nitrogens with zero attached hydrogens (tertiary/aromatic N) is 2. The number of rotatable bonds is 5. The van der Waals surface area contributed by atoms with Crippen molar-refractivity contribution in [1.29, 1.82) is 0 Å². The third-order valence-corrected chi connectivity index (χ3v) is 9.90. The molecule has 0 bridgehead atoms. The molecule has 0 aliphatic rings. The summed E-state index contributed by atoms with van der Waals surface area (Å²) in [5, 5.41) is 5.14. The van der Waals surface area contributed by atoms with Crippen LogP contribution in [-0.2, 0) is 0 Å². The monoisotopic (exact) mass is 592 g/mol. The van der Waals surface area contributed by atoms with E-state index in [1.165, 1.54) is 58.8 Å². The molecule has 3 heteroatoms. The Bertz CT molecular complexity index is 2440. The van der Waals surface area contributed by atoms with E-state index in [1.807, 2.05) is 11.3 Å². The Hall–Kier alpha value is -5.64. The molecule has 0 aliphatic heterocycles. The first-order valence-electron chi connectivity index (χ1n) is 15.3. The molecule has 9 aromatic rings. The Labute approximate surface area is 265 Å². The van der Waals surface area contributed by atoms with Crippen molar-refractivity contribution in [3.8, 4) is 16.8 Å². The molecule has 2 nitrogen and oxygen atoms in total. The highest BCUT2D eigenvalue weighted by Crippen LogP contribution is 2.42. The minimum Gasteiger partial charge on any atom is -0.310 e. The normalized spacial score (nSPS) is 11.6. The van der Waals surface area contributed by atoms with Gasteiger partial charge in [0.05, 0.1) is 11.0 Å². The van der Waals surface area contributed by atoms with Gasteiger partial charge in [0.2, 0.25) is 0 Å². The third-order valence-electron chi connectivity index (χ3n) is 8.76. The van der Waals surface area contributed by atoms with E-state index >= 15 is 0 Å². The Balaban J connectivity index is 1.18. The second kappa shape index (κ2) is 10.5. The summed E-state index contributed by atoms with van der Waals surface area (Å²) in [6, 6.07) is 61.3. The van der Waals surface area contributed by atoms with E-state index in [4.69, 9.17) is 0 Å². The molecule has 0 aliphatic carbocycles. The van der Waals surface area contributed by atoms with E-state index in [2.05, 4.69) is 179 Å². The molecule has 9 rings (SSSR count). The molecule has 0 radical (unpaired) electrons.